The minimum Gasteiger partial charge on any atom is -0.308 e. The summed E-state index contributed by atoms with van der Waals surface area (Å²) in [6, 6.07) is 13.1. The van der Waals surface area contributed by atoms with Gasteiger partial charge in [0.15, 0.2) is 0 Å². The van der Waals surface area contributed by atoms with Gasteiger partial charge in [-0.15, -0.1) is 22.7 Å². The van der Waals surface area contributed by atoms with Crippen molar-refractivity contribution < 1.29 is 0 Å². The maximum atomic E-state index is 4.64. The van der Waals surface area contributed by atoms with Crippen LogP contribution in [0.15, 0.2) is 41.8 Å². The lowest BCUT2D eigenvalue weighted by atomic mass is 10.2. The first-order chi connectivity index (χ1) is 9.31. The van der Waals surface area contributed by atoms with E-state index in [1.807, 2.05) is 17.4 Å². The first-order valence-electron chi connectivity index (χ1n) is 6.41. The van der Waals surface area contributed by atoms with Gasteiger partial charge in [0.2, 0.25) is 0 Å². The standard InChI is InChI=1S/C15H16N2S2/c1-11(9-12-5-4-8-18-12)16-10-15-17-13-6-2-3-7-14(13)19-15/h2-8,11,16H,9-10H2,1H3. The van der Waals surface area contributed by atoms with Gasteiger partial charge in [0.05, 0.1) is 10.2 Å². The van der Waals surface area contributed by atoms with E-state index in [1.165, 1.54) is 14.6 Å². The van der Waals surface area contributed by atoms with E-state index in [0.717, 1.165) is 18.5 Å². The summed E-state index contributed by atoms with van der Waals surface area (Å²) in [5.41, 5.74) is 1.11. The molecule has 1 atom stereocenters. The van der Waals surface area contributed by atoms with Crippen LogP contribution in [0.4, 0.5) is 0 Å². The molecule has 3 aromatic rings. The van der Waals surface area contributed by atoms with Gasteiger partial charge in [-0.2, -0.15) is 0 Å². The third-order valence-corrected chi connectivity index (χ3v) is 4.96. The molecule has 0 amide bonds. The van der Waals surface area contributed by atoms with Crippen molar-refractivity contribution in [3.63, 3.8) is 0 Å². The minimum absolute atomic E-state index is 0.477. The Kier molecular flexibility index (Phi) is 3.92. The second-order valence-corrected chi connectivity index (χ2v) is 6.79. The number of thiazole rings is 1. The molecule has 2 aromatic heterocycles. The van der Waals surface area contributed by atoms with Crippen molar-refractivity contribution in [3.05, 3.63) is 51.7 Å². The fraction of sp³-hybridized carbons (Fsp3) is 0.267. The van der Waals surface area contributed by atoms with Gasteiger partial charge in [-0.1, -0.05) is 18.2 Å². The summed E-state index contributed by atoms with van der Waals surface area (Å²) >= 11 is 3.60. The Hall–Kier alpha value is -1.23. The van der Waals surface area contributed by atoms with Crippen molar-refractivity contribution in [2.24, 2.45) is 0 Å². The van der Waals surface area contributed by atoms with E-state index in [2.05, 4.69) is 52.9 Å². The van der Waals surface area contributed by atoms with Crippen molar-refractivity contribution in [2.75, 3.05) is 0 Å². The molecule has 0 fully saturated rings. The van der Waals surface area contributed by atoms with Crippen molar-refractivity contribution in [3.8, 4) is 0 Å². The van der Waals surface area contributed by atoms with Crippen LogP contribution in [0, 0.1) is 0 Å². The van der Waals surface area contributed by atoms with Crippen LogP contribution >= 0.6 is 22.7 Å². The number of rotatable bonds is 5. The molecule has 4 heteroatoms. The SMILES string of the molecule is CC(Cc1cccs1)NCc1nc2ccccc2s1. The normalized spacial score (nSPS) is 12.9. The Balaban J connectivity index is 1.59. The molecule has 0 bridgehead atoms. The van der Waals surface area contributed by atoms with E-state index >= 15 is 0 Å². The molecule has 1 unspecified atom stereocenters. The molecule has 2 heterocycles. The highest BCUT2D eigenvalue weighted by atomic mass is 32.1. The van der Waals surface area contributed by atoms with Gasteiger partial charge in [-0.3, -0.25) is 0 Å². The number of thiophene rings is 1. The van der Waals surface area contributed by atoms with E-state index in [4.69, 9.17) is 0 Å². The van der Waals surface area contributed by atoms with Crippen LogP contribution in [-0.4, -0.2) is 11.0 Å². The van der Waals surface area contributed by atoms with Crippen LogP contribution in [0.2, 0.25) is 0 Å². The maximum absolute atomic E-state index is 4.64. The van der Waals surface area contributed by atoms with Crippen molar-refractivity contribution in [1.29, 1.82) is 0 Å². The average molecular weight is 288 g/mol. The fourth-order valence-electron chi connectivity index (χ4n) is 2.06. The Morgan fingerprint density at radius 3 is 2.89 bits per heavy atom. The summed E-state index contributed by atoms with van der Waals surface area (Å²) in [5, 5.41) is 6.85. The molecular formula is C15H16N2S2. The number of fused-ring (bicyclic) bond motifs is 1. The Labute approximate surface area is 121 Å². The number of benzene rings is 1. The number of aromatic nitrogens is 1. The van der Waals surface area contributed by atoms with Gasteiger partial charge in [0, 0.05) is 17.5 Å². The molecule has 0 radical (unpaired) electrons. The summed E-state index contributed by atoms with van der Waals surface area (Å²) < 4.78 is 1.27. The molecule has 3 rings (SSSR count). The number of nitrogens with one attached hydrogen (secondary N) is 1. The highest BCUT2D eigenvalue weighted by molar-refractivity contribution is 7.18. The third kappa shape index (κ3) is 3.21. The van der Waals surface area contributed by atoms with E-state index in [0.29, 0.717) is 6.04 Å². The monoisotopic (exact) mass is 288 g/mol. The smallest absolute Gasteiger partial charge is 0.108 e. The zero-order valence-corrected chi connectivity index (χ0v) is 12.4. The van der Waals surface area contributed by atoms with Gasteiger partial charge in [-0.25, -0.2) is 4.98 Å². The lowest BCUT2D eigenvalue weighted by Gasteiger charge is -2.11. The van der Waals surface area contributed by atoms with Crippen LogP contribution in [0.3, 0.4) is 0 Å². The maximum Gasteiger partial charge on any atom is 0.108 e. The molecular weight excluding hydrogens is 272 g/mol. The number of hydrogen-bond donors (Lipinski definition) is 1. The molecule has 1 aromatic carbocycles. The predicted octanol–water partition coefficient (Wildman–Crippen LogP) is 4.08. The summed E-state index contributed by atoms with van der Waals surface area (Å²) in [6.07, 6.45) is 1.09. The van der Waals surface area contributed by atoms with E-state index in [-0.39, 0.29) is 0 Å². The van der Waals surface area contributed by atoms with E-state index < -0.39 is 0 Å². The molecule has 1 N–H and O–H groups in total. The predicted molar refractivity (Wildman–Crippen MR) is 83.9 cm³/mol. The average Bonchev–Trinajstić information content (AvgIpc) is 3.04. The van der Waals surface area contributed by atoms with E-state index in [9.17, 15) is 0 Å². The molecule has 0 aliphatic rings. The Bertz CT molecular complexity index is 610. The van der Waals surface area contributed by atoms with Crippen LogP contribution in [0.1, 0.15) is 16.8 Å². The second-order valence-electron chi connectivity index (χ2n) is 4.64. The topological polar surface area (TPSA) is 24.9 Å². The van der Waals surface area contributed by atoms with Crippen LogP contribution < -0.4 is 5.32 Å². The van der Waals surface area contributed by atoms with Gasteiger partial charge in [0.25, 0.3) is 0 Å². The van der Waals surface area contributed by atoms with Gasteiger partial charge in [-0.05, 0) is 36.9 Å². The molecule has 19 heavy (non-hydrogen) atoms. The largest absolute Gasteiger partial charge is 0.308 e. The molecule has 0 spiro atoms. The summed E-state index contributed by atoms with van der Waals surface area (Å²) in [7, 11) is 0. The molecule has 0 saturated carbocycles. The zero-order valence-electron chi connectivity index (χ0n) is 10.8. The van der Waals surface area contributed by atoms with Crippen LogP contribution in [0.5, 0.6) is 0 Å². The number of nitrogens with zero attached hydrogens (tertiary/aromatic N) is 1. The van der Waals surface area contributed by atoms with Crippen molar-refractivity contribution in [1.82, 2.24) is 10.3 Å². The van der Waals surface area contributed by atoms with E-state index in [1.54, 1.807) is 11.3 Å². The molecule has 2 nitrogen and oxygen atoms in total. The number of hydrogen-bond acceptors (Lipinski definition) is 4. The quantitative estimate of drug-likeness (QED) is 0.765. The van der Waals surface area contributed by atoms with Gasteiger partial charge in [0.1, 0.15) is 5.01 Å². The highest BCUT2D eigenvalue weighted by Crippen LogP contribution is 2.21. The number of para-hydroxylation sites is 1. The minimum atomic E-state index is 0.477. The molecule has 0 saturated heterocycles. The molecule has 0 aliphatic heterocycles. The molecule has 0 aliphatic carbocycles. The summed E-state index contributed by atoms with van der Waals surface area (Å²) in [5.74, 6) is 0. The molecule has 98 valence electrons. The van der Waals surface area contributed by atoms with Gasteiger partial charge < -0.3 is 5.32 Å². The zero-order chi connectivity index (χ0) is 13.1. The van der Waals surface area contributed by atoms with Gasteiger partial charge >= 0.3 is 0 Å². The second kappa shape index (κ2) is 5.82. The Morgan fingerprint density at radius 2 is 2.11 bits per heavy atom. The lowest BCUT2D eigenvalue weighted by molar-refractivity contribution is 0.548. The third-order valence-electron chi connectivity index (χ3n) is 3.03. The first kappa shape index (κ1) is 12.8. The fourth-order valence-corrected chi connectivity index (χ4v) is 3.81. The van der Waals surface area contributed by atoms with Crippen LogP contribution in [0.25, 0.3) is 10.2 Å². The Morgan fingerprint density at radius 1 is 1.21 bits per heavy atom. The summed E-state index contributed by atoms with van der Waals surface area (Å²) in [4.78, 5) is 6.07. The summed E-state index contributed by atoms with van der Waals surface area (Å²) in [6.45, 7) is 3.08. The first-order valence-corrected chi connectivity index (χ1v) is 8.11. The van der Waals surface area contributed by atoms with Crippen molar-refractivity contribution >= 4 is 32.9 Å². The highest BCUT2D eigenvalue weighted by Gasteiger charge is 2.07. The van der Waals surface area contributed by atoms with Crippen LogP contribution in [-0.2, 0) is 13.0 Å². The van der Waals surface area contributed by atoms with Crippen molar-refractivity contribution in [2.45, 2.75) is 25.9 Å². The lowest BCUT2D eigenvalue weighted by Crippen LogP contribution is -2.27.